The lowest BCUT2D eigenvalue weighted by Crippen LogP contribution is -2.32. The molecular weight excluding hydrogens is 354 g/mol. The quantitative estimate of drug-likeness (QED) is 0.582. The van der Waals surface area contributed by atoms with Crippen LogP contribution in [0.3, 0.4) is 0 Å². The summed E-state index contributed by atoms with van der Waals surface area (Å²) in [4.78, 5) is 28.1. The number of nitrogens with one attached hydrogen (secondary N) is 2. The summed E-state index contributed by atoms with van der Waals surface area (Å²) in [5.41, 5.74) is 0.936. The molecule has 0 radical (unpaired) electrons. The Bertz CT molecular complexity index is 1200. The predicted molar refractivity (Wildman–Crippen MR) is 98.4 cm³/mol. The number of pyridine rings is 2. The number of benzene rings is 1. The molecule has 3 heterocycles. The number of hydrogen-bond donors (Lipinski definition) is 2. The summed E-state index contributed by atoms with van der Waals surface area (Å²) in [7, 11) is 0. The van der Waals surface area contributed by atoms with E-state index in [9.17, 15) is 9.59 Å². The van der Waals surface area contributed by atoms with Gasteiger partial charge < -0.3 is 10.3 Å². The van der Waals surface area contributed by atoms with Gasteiger partial charge in [0.2, 0.25) is 5.43 Å². The van der Waals surface area contributed by atoms with Gasteiger partial charge in [-0.1, -0.05) is 17.7 Å². The summed E-state index contributed by atoms with van der Waals surface area (Å²) < 4.78 is 1.79. The first-order valence-corrected chi connectivity index (χ1v) is 8.34. The molecule has 130 valence electrons. The van der Waals surface area contributed by atoms with E-state index in [0.717, 1.165) is 0 Å². The van der Waals surface area contributed by atoms with Crippen LogP contribution in [-0.4, -0.2) is 25.5 Å². The maximum atomic E-state index is 12.6. The van der Waals surface area contributed by atoms with E-state index in [2.05, 4.69) is 20.5 Å². The molecule has 3 aromatic heterocycles. The maximum Gasteiger partial charge on any atom is 0.257 e. The van der Waals surface area contributed by atoms with Gasteiger partial charge in [-0.05, 0) is 37.3 Å². The Hall–Kier alpha value is -3.19. The van der Waals surface area contributed by atoms with Crippen LogP contribution in [0.25, 0.3) is 16.6 Å². The number of aromatic amines is 1. The largest absolute Gasteiger partial charge is 0.360 e. The highest BCUT2D eigenvalue weighted by molar-refractivity contribution is 6.31. The van der Waals surface area contributed by atoms with Crippen molar-refractivity contribution in [2.45, 2.75) is 13.0 Å². The van der Waals surface area contributed by atoms with Gasteiger partial charge in [0.25, 0.3) is 5.91 Å². The van der Waals surface area contributed by atoms with E-state index in [0.29, 0.717) is 27.4 Å². The summed E-state index contributed by atoms with van der Waals surface area (Å²) in [6.07, 6.45) is 3.21. The van der Waals surface area contributed by atoms with Crippen molar-refractivity contribution in [1.29, 1.82) is 0 Å². The van der Waals surface area contributed by atoms with Gasteiger partial charge in [-0.25, -0.2) is 0 Å². The van der Waals surface area contributed by atoms with Crippen LogP contribution in [0.15, 0.2) is 53.6 Å². The number of carbonyl (C=O) groups excluding carboxylic acids is 1. The zero-order valence-corrected chi connectivity index (χ0v) is 14.5. The molecule has 8 heteroatoms. The lowest BCUT2D eigenvalue weighted by molar-refractivity contribution is 0.0937. The Labute approximate surface area is 152 Å². The minimum atomic E-state index is -0.483. The van der Waals surface area contributed by atoms with Crippen molar-refractivity contribution in [3.8, 4) is 0 Å². The van der Waals surface area contributed by atoms with Crippen molar-refractivity contribution in [1.82, 2.24) is 24.9 Å². The molecule has 0 aliphatic carbocycles. The molecule has 0 spiro atoms. The van der Waals surface area contributed by atoms with Crippen LogP contribution in [-0.2, 0) is 0 Å². The van der Waals surface area contributed by atoms with E-state index in [4.69, 9.17) is 11.6 Å². The molecule has 0 fully saturated rings. The molecule has 0 aliphatic heterocycles. The van der Waals surface area contributed by atoms with Gasteiger partial charge in [0.15, 0.2) is 11.5 Å². The molecule has 7 nitrogen and oxygen atoms in total. The molecule has 0 aliphatic rings. The number of H-pyrrole nitrogens is 1. The first-order chi connectivity index (χ1) is 12.5. The number of carbonyl (C=O) groups is 1. The van der Waals surface area contributed by atoms with E-state index in [1.165, 1.54) is 6.20 Å². The molecule has 0 bridgehead atoms. The van der Waals surface area contributed by atoms with E-state index in [1.807, 2.05) is 24.4 Å². The smallest absolute Gasteiger partial charge is 0.257 e. The molecule has 0 saturated carbocycles. The third-order valence-electron chi connectivity index (χ3n) is 4.16. The highest BCUT2D eigenvalue weighted by Crippen LogP contribution is 2.16. The number of fused-ring (bicyclic) bond motifs is 2. The fourth-order valence-electron chi connectivity index (χ4n) is 2.86. The minimum Gasteiger partial charge on any atom is -0.360 e. The van der Waals surface area contributed by atoms with Crippen molar-refractivity contribution in [3.63, 3.8) is 0 Å². The second-order valence-electron chi connectivity index (χ2n) is 5.90. The molecule has 0 saturated heterocycles. The molecule has 26 heavy (non-hydrogen) atoms. The van der Waals surface area contributed by atoms with Crippen molar-refractivity contribution >= 4 is 34.1 Å². The predicted octanol–water partition coefficient (Wildman–Crippen LogP) is 2.72. The van der Waals surface area contributed by atoms with E-state index in [1.54, 1.807) is 29.5 Å². The average molecular weight is 368 g/mol. The molecule has 4 aromatic rings. The van der Waals surface area contributed by atoms with Crippen LogP contribution >= 0.6 is 11.6 Å². The molecule has 0 unspecified atom stereocenters. The first-order valence-electron chi connectivity index (χ1n) is 7.96. The van der Waals surface area contributed by atoms with Gasteiger partial charge in [-0.15, -0.1) is 10.2 Å². The summed E-state index contributed by atoms with van der Waals surface area (Å²) in [5.74, 6) is 0.0984. The van der Waals surface area contributed by atoms with Gasteiger partial charge >= 0.3 is 0 Å². The van der Waals surface area contributed by atoms with Crippen LogP contribution < -0.4 is 10.7 Å². The Morgan fingerprint density at radius 2 is 2.12 bits per heavy atom. The highest BCUT2D eigenvalue weighted by atomic mass is 35.5. The zero-order valence-electron chi connectivity index (χ0n) is 13.7. The fourth-order valence-corrected chi connectivity index (χ4v) is 3.03. The number of aromatic nitrogens is 4. The Balaban J connectivity index is 1.66. The van der Waals surface area contributed by atoms with Gasteiger partial charge in [0.1, 0.15) is 5.56 Å². The van der Waals surface area contributed by atoms with Gasteiger partial charge in [0.05, 0.1) is 11.6 Å². The summed E-state index contributed by atoms with van der Waals surface area (Å²) >= 11 is 5.93. The van der Waals surface area contributed by atoms with Crippen molar-refractivity contribution in [2.24, 2.45) is 0 Å². The second kappa shape index (κ2) is 6.27. The second-order valence-corrected chi connectivity index (χ2v) is 6.34. The lowest BCUT2D eigenvalue weighted by atomic mass is 10.1. The first kappa shape index (κ1) is 16.3. The number of amides is 1. The molecule has 4 rings (SSSR count). The standard InChI is InChI=1S/C18H14ClN5O2/c1-10(17-23-22-15-4-2-3-7-24(15)17)21-18(26)13-9-20-14-8-11(19)5-6-12(14)16(13)25/h2-10H,1H3,(H,20,25)(H,21,26)/t10-/m1/s1. The number of hydrogen-bond acceptors (Lipinski definition) is 4. The van der Waals surface area contributed by atoms with Gasteiger partial charge in [-0.3, -0.25) is 14.0 Å². The normalized spacial score (nSPS) is 12.4. The zero-order chi connectivity index (χ0) is 18.3. The van der Waals surface area contributed by atoms with Crippen LogP contribution in [0.2, 0.25) is 5.02 Å². The summed E-state index contributed by atoms with van der Waals surface area (Å²) in [5, 5.41) is 11.9. The van der Waals surface area contributed by atoms with Gasteiger partial charge in [0, 0.05) is 22.8 Å². The maximum absolute atomic E-state index is 12.6. The Kier molecular flexibility index (Phi) is 3.93. The third-order valence-corrected chi connectivity index (χ3v) is 4.40. The van der Waals surface area contributed by atoms with E-state index >= 15 is 0 Å². The summed E-state index contributed by atoms with van der Waals surface area (Å²) in [6, 6.07) is 9.97. The Morgan fingerprint density at radius 1 is 1.27 bits per heavy atom. The summed E-state index contributed by atoms with van der Waals surface area (Å²) in [6.45, 7) is 1.79. The number of rotatable bonds is 3. The highest BCUT2D eigenvalue weighted by Gasteiger charge is 2.19. The van der Waals surface area contributed by atoms with Gasteiger partial charge in [-0.2, -0.15) is 0 Å². The van der Waals surface area contributed by atoms with E-state index in [-0.39, 0.29) is 11.0 Å². The SMILES string of the molecule is C[C@@H](NC(=O)c1c[nH]c2cc(Cl)ccc2c1=O)c1nnc2ccccn12. The monoisotopic (exact) mass is 367 g/mol. The molecule has 1 aromatic carbocycles. The average Bonchev–Trinajstić information content (AvgIpc) is 3.06. The van der Waals surface area contributed by atoms with Crippen LogP contribution in [0.5, 0.6) is 0 Å². The minimum absolute atomic E-state index is 0.0282. The topological polar surface area (TPSA) is 92.1 Å². The van der Waals surface area contributed by atoms with Crippen LogP contribution in [0.1, 0.15) is 29.1 Å². The van der Waals surface area contributed by atoms with Crippen LogP contribution in [0, 0.1) is 0 Å². The fraction of sp³-hybridized carbons (Fsp3) is 0.111. The Morgan fingerprint density at radius 3 is 2.96 bits per heavy atom. The van der Waals surface area contributed by atoms with E-state index < -0.39 is 11.9 Å². The van der Waals surface area contributed by atoms with Crippen molar-refractivity contribution in [3.05, 3.63) is 75.4 Å². The molecule has 1 atom stereocenters. The third kappa shape index (κ3) is 2.72. The number of halogens is 1. The lowest BCUT2D eigenvalue weighted by Gasteiger charge is -2.12. The molecular formula is C18H14ClN5O2. The van der Waals surface area contributed by atoms with Crippen molar-refractivity contribution in [2.75, 3.05) is 0 Å². The van der Waals surface area contributed by atoms with Crippen molar-refractivity contribution < 1.29 is 4.79 Å². The number of nitrogens with zero attached hydrogens (tertiary/aromatic N) is 3. The molecule has 2 N–H and O–H groups in total. The molecule has 1 amide bonds. The van der Waals surface area contributed by atoms with Crippen LogP contribution in [0.4, 0.5) is 0 Å².